The van der Waals surface area contributed by atoms with Gasteiger partial charge in [-0.1, -0.05) is 131 Å². The molecule has 0 amide bonds. The van der Waals surface area contributed by atoms with Crippen LogP contribution in [0.1, 0.15) is 189 Å². The molecule has 0 aromatic rings. The average molecular weight is 917 g/mol. The number of aliphatic hydroxyl groups is 3. The second-order valence-corrected chi connectivity index (χ2v) is 26.6. The average Bonchev–Trinajstić information content (AvgIpc) is 3.17. The Labute approximate surface area is 393 Å². The third kappa shape index (κ3) is 15.8. The summed E-state index contributed by atoms with van der Waals surface area (Å²) in [5, 5.41) is 30.4. The van der Waals surface area contributed by atoms with Crippen molar-refractivity contribution in [2.24, 2.45) is 67.0 Å². The number of carbonyl (C=O) groups excluding carboxylic acids is 4. The highest BCUT2D eigenvalue weighted by atomic mass is 16.6. The van der Waals surface area contributed by atoms with Crippen molar-refractivity contribution in [1.82, 2.24) is 0 Å². The Morgan fingerprint density at radius 2 is 1.11 bits per heavy atom. The molecule has 0 bridgehead atoms. The van der Waals surface area contributed by atoms with Crippen LogP contribution < -0.4 is 0 Å². The minimum absolute atomic E-state index is 0.00326. The summed E-state index contributed by atoms with van der Waals surface area (Å²) in [6.07, 6.45) is 5.10. The zero-order chi connectivity index (χ0) is 49.9. The van der Waals surface area contributed by atoms with E-state index in [9.17, 15) is 24.9 Å². The summed E-state index contributed by atoms with van der Waals surface area (Å²) in [6, 6.07) is 0. The van der Waals surface area contributed by atoms with Crippen LogP contribution in [-0.2, 0) is 38.1 Å². The van der Waals surface area contributed by atoms with Gasteiger partial charge in [-0.3, -0.25) is 19.2 Å². The van der Waals surface area contributed by atoms with E-state index in [2.05, 4.69) is 62.3 Å². The van der Waals surface area contributed by atoms with Gasteiger partial charge in [-0.25, -0.2) is 0 Å². The summed E-state index contributed by atoms with van der Waals surface area (Å²) >= 11 is 0. The lowest BCUT2D eigenvalue weighted by atomic mass is 9.56. The predicted molar refractivity (Wildman–Crippen MR) is 255 cm³/mol. The maximum atomic E-state index is 15.0. The molecule has 2 saturated carbocycles. The topological polar surface area (TPSA) is 166 Å². The molecule has 3 rings (SSSR count). The van der Waals surface area contributed by atoms with Gasteiger partial charge in [0.15, 0.2) is 0 Å². The summed E-state index contributed by atoms with van der Waals surface area (Å²) in [7, 11) is 0. The van der Waals surface area contributed by atoms with Crippen molar-refractivity contribution < 1.29 is 53.4 Å². The van der Waals surface area contributed by atoms with Crippen LogP contribution in [0.2, 0.25) is 0 Å². The van der Waals surface area contributed by atoms with Crippen LogP contribution in [0, 0.1) is 67.0 Å². The van der Waals surface area contributed by atoms with E-state index in [1.54, 1.807) is 6.08 Å². The third-order valence-electron chi connectivity index (χ3n) is 15.7. The fourth-order valence-corrected chi connectivity index (χ4v) is 12.1. The Morgan fingerprint density at radius 1 is 0.662 bits per heavy atom. The number of hydrogen-bond acceptors (Lipinski definition) is 11. The molecule has 3 aliphatic carbocycles. The van der Waals surface area contributed by atoms with Crippen molar-refractivity contribution in [2.45, 2.75) is 213 Å². The van der Waals surface area contributed by atoms with E-state index < -0.39 is 89.2 Å². The second kappa shape index (κ2) is 20.7. The van der Waals surface area contributed by atoms with Gasteiger partial charge in [0.25, 0.3) is 0 Å². The van der Waals surface area contributed by atoms with Crippen LogP contribution in [0.3, 0.4) is 0 Å². The Bertz CT molecular complexity index is 1680. The lowest BCUT2D eigenvalue weighted by Crippen LogP contribution is -2.48. The Balaban J connectivity index is 2.15. The second-order valence-electron chi connectivity index (χ2n) is 26.6. The van der Waals surface area contributed by atoms with E-state index in [1.165, 1.54) is 0 Å². The van der Waals surface area contributed by atoms with Gasteiger partial charge in [-0.05, 0) is 118 Å². The maximum Gasteiger partial charge on any atom is 0.310 e. The molecule has 0 saturated heterocycles. The first-order valence-corrected chi connectivity index (χ1v) is 24.4. The molecule has 0 aromatic heterocycles. The summed E-state index contributed by atoms with van der Waals surface area (Å²) in [5.74, 6) is -5.63. The number of esters is 4. The first-order valence-electron chi connectivity index (χ1n) is 24.4. The van der Waals surface area contributed by atoms with E-state index in [0.717, 1.165) is 11.8 Å². The van der Waals surface area contributed by atoms with Crippen LogP contribution in [0.15, 0.2) is 24.0 Å². The van der Waals surface area contributed by atoms with Gasteiger partial charge < -0.3 is 34.3 Å². The van der Waals surface area contributed by atoms with Gasteiger partial charge in [0, 0.05) is 6.61 Å². The Morgan fingerprint density at radius 3 is 1.54 bits per heavy atom. The van der Waals surface area contributed by atoms with Crippen LogP contribution in [0.4, 0.5) is 0 Å². The van der Waals surface area contributed by atoms with E-state index in [1.807, 2.05) is 68.4 Å². The summed E-state index contributed by atoms with van der Waals surface area (Å²) in [6.45, 7) is 37.0. The lowest BCUT2D eigenvalue weighted by molar-refractivity contribution is -0.178. The number of aliphatic hydroxyl groups excluding tert-OH is 3. The monoisotopic (exact) mass is 917 g/mol. The minimum Gasteiger partial charge on any atom is -0.516 e. The Hall–Kier alpha value is -2.92. The zero-order valence-corrected chi connectivity index (χ0v) is 43.9. The fraction of sp³-hybridized carbons (Fsp3) is 0.852. The van der Waals surface area contributed by atoms with Gasteiger partial charge in [0.2, 0.25) is 0 Å². The molecule has 0 spiro atoms. The molecule has 11 heteroatoms. The fourth-order valence-electron chi connectivity index (χ4n) is 12.1. The predicted octanol–water partition coefficient (Wildman–Crippen LogP) is 11.3. The molecule has 4 atom stereocenters. The molecule has 3 N–H and O–H groups in total. The van der Waals surface area contributed by atoms with Crippen LogP contribution in [-0.4, -0.2) is 76.8 Å². The van der Waals surface area contributed by atoms with E-state index in [0.29, 0.717) is 57.3 Å². The van der Waals surface area contributed by atoms with Crippen molar-refractivity contribution >= 4 is 23.9 Å². The molecule has 0 aliphatic heterocycles. The van der Waals surface area contributed by atoms with Crippen molar-refractivity contribution in [3.8, 4) is 0 Å². The summed E-state index contributed by atoms with van der Waals surface area (Å²) in [4.78, 5) is 58.9. The van der Waals surface area contributed by atoms with Crippen molar-refractivity contribution in [3.05, 3.63) is 24.0 Å². The van der Waals surface area contributed by atoms with Gasteiger partial charge in [0.05, 0.1) is 37.5 Å². The Kier molecular flexibility index (Phi) is 18.0. The summed E-state index contributed by atoms with van der Waals surface area (Å²) < 4.78 is 25.3. The molecule has 0 radical (unpaired) electrons. The summed E-state index contributed by atoms with van der Waals surface area (Å²) in [5.41, 5.74) is -2.05. The molecule has 65 heavy (non-hydrogen) atoms. The van der Waals surface area contributed by atoms with Crippen molar-refractivity contribution in [3.63, 3.8) is 0 Å². The van der Waals surface area contributed by atoms with Crippen LogP contribution in [0.5, 0.6) is 0 Å². The maximum absolute atomic E-state index is 15.0. The first-order chi connectivity index (χ1) is 29.4. The van der Waals surface area contributed by atoms with E-state index >= 15 is 9.59 Å². The van der Waals surface area contributed by atoms with Gasteiger partial charge >= 0.3 is 23.9 Å². The molecule has 3 aliphatic rings. The number of hydrogen-bond donors (Lipinski definition) is 3. The quantitative estimate of drug-likeness (QED) is 0.0550. The normalized spacial score (nSPS) is 28.4. The number of carbonyl (C=O) groups is 4. The first kappa shape index (κ1) is 56.4. The third-order valence-corrected chi connectivity index (χ3v) is 15.7. The zero-order valence-electron chi connectivity index (χ0n) is 43.9. The highest BCUT2D eigenvalue weighted by Crippen LogP contribution is 2.53. The molecule has 2 fully saturated rings. The van der Waals surface area contributed by atoms with E-state index in [4.69, 9.17) is 18.9 Å². The minimum atomic E-state index is -1.48. The highest BCUT2D eigenvalue weighted by Gasteiger charge is 2.50. The highest BCUT2D eigenvalue weighted by molar-refractivity contribution is 5.88. The van der Waals surface area contributed by atoms with Crippen LogP contribution >= 0.6 is 0 Å². The molecule has 11 nitrogen and oxygen atoms in total. The number of allylic oxidation sites excluding steroid dienone is 2. The van der Waals surface area contributed by atoms with Gasteiger partial charge in [-0.2, -0.15) is 0 Å². The lowest BCUT2D eigenvalue weighted by Gasteiger charge is -2.51. The molecule has 0 heterocycles. The molecule has 374 valence electrons. The number of ether oxygens (including phenoxy) is 4. The number of rotatable bonds is 17. The standard InChI is InChI=1S/C54H92O11/c1-34-50(9,10)27-38(28-51(34,11)12)62-43(58)22-41(46(61)65-37-26-49(7,8)23-35(32-56)52(13,14)29-37)40(45(60)64-36(24-47(2,3)4)25-48(5,6)19-20-55)21-44(59)63-39-30-53(15,16)42(33-57)54(17,18)31-39/h19-20,23,34,36-42,55-57H,21-22,24-33H2,1-18H3/b20-19+. The molecule has 0 aromatic carbocycles. The molecular formula is C54H92O11. The SMILES string of the molecule is CC1C(C)(C)CC(OC(=O)CC(C(=O)OC2CC(C)(C)C=C(CO)C(C)(C)C2)C(CC(=O)OC2CC(C)(C)C(CO)C(C)(C)C2)C(=O)OC(CC(C)(C)C)CC(C)(C)/C=C/O)CC1(C)C. The smallest absolute Gasteiger partial charge is 0.310 e. The molecular weight excluding hydrogens is 825 g/mol. The van der Waals surface area contributed by atoms with Gasteiger partial charge in [0.1, 0.15) is 24.4 Å². The van der Waals surface area contributed by atoms with Crippen molar-refractivity contribution in [1.29, 1.82) is 0 Å². The molecule has 4 unspecified atom stereocenters. The van der Waals surface area contributed by atoms with Gasteiger partial charge in [-0.15, -0.1) is 0 Å². The van der Waals surface area contributed by atoms with Crippen molar-refractivity contribution in [2.75, 3.05) is 13.2 Å². The largest absolute Gasteiger partial charge is 0.516 e. The van der Waals surface area contributed by atoms with Crippen LogP contribution in [0.25, 0.3) is 0 Å². The van der Waals surface area contributed by atoms with E-state index in [-0.39, 0.29) is 46.2 Å².